The molecule has 12 heteroatoms. The first kappa shape index (κ1) is 25.2. The summed E-state index contributed by atoms with van der Waals surface area (Å²) in [6.07, 6.45) is 2.89. The van der Waals surface area contributed by atoms with Crippen molar-refractivity contribution in [3.8, 4) is 0 Å². The van der Waals surface area contributed by atoms with Crippen LogP contribution < -0.4 is 5.32 Å². The van der Waals surface area contributed by atoms with Gasteiger partial charge in [0.25, 0.3) is 5.91 Å². The number of thioether (sulfide) groups is 1. The lowest BCUT2D eigenvalue weighted by Gasteiger charge is -2.14. The van der Waals surface area contributed by atoms with Crippen molar-refractivity contribution in [3.63, 3.8) is 0 Å². The van der Waals surface area contributed by atoms with Crippen LogP contribution in [0.4, 0.5) is 5.00 Å². The highest BCUT2D eigenvalue weighted by atomic mass is 32.2. The highest BCUT2D eigenvalue weighted by Crippen LogP contribution is 2.34. The van der Waals surface area contributed by atoms with Crippen LogP contribution in [0.2, 0.25) is 0 Å². The van der Waals surface area contributed by atoms with E-state index in [0.29, 0.717) is 27.1 Å². The zero-order chi connectivity index (χ0) is 24.1. The molecule has 33 heavy (non-hydrogen) atoms. The minimum Gasteiger partial charge on any atom is -0.465 e. The monoisotopic (exact) mass is 495 g/mol. The van der Waals surface area contributed by atoms with Crippen molar-refractivity contribution in [2.24, 2.45) is 0 Å². The molecule has 3 heterocycles. The standard InChI is InChI=1S/C21H29N5O5S2/c1-6-14-23-24-21(26(14)10-13-8-7-9-31-13)32-11-15(27)22-18-16(20(29)30-5)12(2)17(33-18)19(28)25(3)4/h13H,6-11H2,1-5H3,(H,22,27). The third-order valence-electron chi connectivity index (χ3n) is 5.24. The lowest BCUT2D eigenvalue weighted by molar-refractivity contribution is -0.113. The molecule has 2 amide bonds. The number of nitrogens with one attached hydrogen (secondary N) is 1. The van der Waals surface area contributed by atoms with E-state index >= 15 is 0 Å². The molecule has 2 aromatic heterocycles. The average Bonchev–Trinajstić information content (AvgIpc) is 3.51. The van der Waals surface area contributed by atoms with E-state index in [1.165, 1.54) is 23.8 Å². The molecule has 0 aliphatic carbocycles. The SMILES string of the molecule is CCc1nnc(SCC(=O)Nc2sc(C(=O)N(C)C)c(C)c2C(=O)OC)n1CC1CCCO1. The number of carbonyl (C=O) groups is 3. The van der Waals surface area contributed by atoms with Gasteiger partial charge < -0.3 is 24.3 Å². The van der Waals surface area contributed by atoms with Gasteiger partial charge in [-0.2, -0.15) is 0 Å². The Bertz CT molecular complexity index is 1030. The Hall–Kier alpha value is -2.44. The van der Waals surface area contributed by atoms with Crippen LogP contribution in [0.25, 0.3) is 0 Å². The summed E-state index contributed by atoms with van der Waals surface area (Å²) in [5.41, 5.74) is 0.679. The van der Waals surface area contributed by atoms with E-state index in [1.54, 1.807) is 21.0 Å². The van der Waals surface area contributed by atoms with Crippen molar-refractivity contribution in [3.05, 3.63) is 21.8 Å². The van der Waals surface area contributed by atoms with Crippen LogP contribution in [0.5, 0.6) is 0 Å². The van der Waals surface area contributed by atoms with Crippen LogP contribution in [0.1, 0.15) is 51.2 Å². The Kier molecular flexibility index (Phi) is 8.49. The Morgan fingerprint density at radius 3 is 2.70 bits per heavy atom. The highest BCUT2D eigenvalue weighted by molar-refractivity contribution is 7.99. The quantitative estimate of drug-likeness (QED) is 0.417. The molecule has 10 nitrogen and oxygen atoms in total. The van der Waals surface area contributed by atoms with Crippen LogP contribution in [0.3, 0.4) is 0 Å². The fourth-order valence-corrected chi connectivity index (χ4v) is 5.51. The molecule has 0 aromatic carbocycles. The summed E-state index contributed by atoms with van der Waals surface area (Å²) in [7, 11) is 4.53. The largest absolute Gasteiger partial charge is 0.465 e. The van der Waals surface area contributed by atoms with E-state index in [0.717, 1.165) is 43.0 Å². The van der Waals surface area contributed by atoms with Crippen molar-refractivity contribution in [1.29, 1.82) is 0 Å². The second-order valence-corrected chi connectivity index (χ2v) is 9.75. The van der Waals surface area contributed by atoms with E-state index < -0.39 is 5.97 Å². The molecule has 0 saturated carbocycles. The number of hydrogen-bond donors (Lipinski definition) is 1. The first-order valence-electron chi connectivity index (χ1n) is 10.7. The third kappa shape index (κ3) is 5.74. The topological polar surface area (TPSA) is 116 Å². The lowest BCUT2D eigenvalue weighted by atomic mass is 10.1. The van der Waals surface area contributed by atoms with Crippen LogP contribution in [0.15, 0.2) is 5.16 Å². The minimum absolute atomic E-state index is 0.0713. The number of anilines is 1. The van der Waals surface area contributed by atoms with E-state index in [9.17, 15) is 14.4 Å². The van der Waals surface area contributed by atoms with Gasteiger partial charge in [0.05, 0.1) is 36.0 Å². The van der Waals surface area contributed by atoms with Crippen molar-refractivity contribution < 1.29 is 23.9 Å². The number of ether oxygens (including phenoxy) is 2. The van der Waals surface area contributed by atoms with Crippen molar-refractivity contribution in [2.45, 2.75) is 50.9 Å². The maximum atomic E-state index is 12.8. The molecule has 1 aliphatic heterocycles. The molecule has 1 unspecified atom stereocenters. The molecular weight excluding hydrogens is 466 g/mol. The molecule has 3 rings (SSSR count). The number of hydrogen-bond acceptors (Lipinski definition) is 9. The number of esters is 1. The van der Waals surface area contributed by atoms with Crippen molar-refractivity contribution >= 4 is 45.9 Å². The van der Waals surface area contributed by atoms with Crippen molar-refractivity contribution in [2.75, 3.05) is 38.9 Å². The predicted molar refractivity (Wildman–Crippen MR) is 126 cm³/mol. The normalized spacial score (nSPS) is 15.5. The van der Waals surface area contributed by atoms with Crippen LogP contribution in [0, 0.1) is 6.92 Å². The third-order valence-corrected chi connectivity index (χ3v) is 7.40. The molecule has 0 spiro atoms. The van der Waals surface area contributed by atoms with Gasteiger partial charge in [-0.25, -0.2) is 4.79 Å². The zero-order valence-corrected chi connectivity index (χ0v) is 21.1. The minimum atomic E-state index is -0.603. The Morgan fingerprint density at radius 1 is 1.33 bits per heavy atom. The molecule has 0 radical (unpaired) electrons. The summed E-state index contributed by atoms with van der Waals surface area (Å²) in [6, 6.07) is 0. The number of nitrogens with zero attached hydrogens (tertiary/aromatic N) is 4. The molecule has 0 bridgehead atoms. The van der Waals surface area contributed by atoms with E-state index in [4.69, 9.17) is 9.47 Å². The van der Waals surface area contributed by atoms with Crippen LogP contribution in [-0.2, 0) is 27.2 Å². The van der Waals surface area contributed by atoms with Gasteiger partial charge in [0.1, 0.15) is 10.8 Å². The van der Waals surface area contributed by atoms with E-state index in [2.05, 4.69) is 15.5 Å². The predicted octanol–water partition coefficient (Wildman–Crippen LogP) is 2.61. The molecule has 1 aliphatic rings. The second kappa shape index (κ2) is 11.1. The van der Waals surface area contributed by atoms with Gasteiger partial charge in [0, 0.05) is 27.1 Å². The molecule has 1 atom stereocenters. The van der Waals surface area contributed by atoms with Gasteiger partial charge in [-0.1, -0.05) is 18.7 Å². The van der Waals surface area contributed by atoms with E-state index in [-0.39, 0.29) is 29.2 Å². The van der Waals surface area contributed by atoms with Gasteiger partial charge in [0.2, 0.25) is 5.91 Å². The van der Waals surface area contributed by atoms with Gasteiger partial charge in [-0.3, -0.25) is 9.59 Å². The lowest BCUT2D eigenvalue weighted by Crippen LogP contribution is -2.21. The Morgan fingerprint density at radius 2 is 2.09 bits per heavy atom. The summed E-state index contributed by atoms with van der Waals surface area (Å²) >= 11 is 2.34. The number of aromatic nitrogens is 3. The van der Waals surface area contributed by atoms with Crippen LogP contribution in [-0.4, -0.2) is 77.1 Å². The Balaban J connectivity index is 1.74. The molecular formula is C21H29N5O5S2. The number of methoxy groups -OCH3 is 1. The number of aryl methyl sites for hydroxylation is 1. The average molecular weight is 496 g/mol. The smallest absolute Gasteiger partial charge is 0.341 e. The maximum absolute atomic E-state index is 12.8. The van der Waals surface area contributed by atoms with Gasteiger partial charge in [-0.05, 0) is 25.3 Å². The maximum Gasteiger partial charge on any atom is 0.341 e. The molecule has 180 valence electrons. The zero-order valence-electron chi connectivity index (χ0n) is 19.5. The summed E-state index contributed by atoms with van der Waals surface area (Å²) in [5.74, 6) is -0.246. The summed E-state index contributed by atoms with van der Waals surface area (Å²) in [5, 5.41) is 12.2. The summed E-state index contributed by atoms with van der Waals surface area (Å²) < 4.78 is 12.6. The molecule has 1 fully saturated rings. The molecule has 1 saturated heterocycles. The van der Waals surface area contributed by atoms with Crippen LogP contribution >= 0.6 is 23.1 Å². The van der Waals surface area contributed by atoms with E-state index in [1.807, 2.05) is 11.5 Å². The summed E-state index contributed by atoms with van der Waals surface area (Å²) in [4.78, 5) is 39.4. The number of rotatable bonds is 9. The van der Waals surface area contributed by atoms with Gasteiger partial charge in [0.15, 0.2) is 5.16 Å². The molecule has 1 N–H and O–H groups in total. The first-order chi connectivity index (χ1) is 15.8. The fourth-order valence-electron chi connectivity index (χ4n) is 3.51. The summed E-state index contributed by atoms with van der Waals surface area (Å²) in [6.45, 7) is 5.11. The second-order valence-electron chi connectivity index (χ2n) is 7.79. The Labute approximate surface area is 201 Å². The highest BCUT2D eigenvalue weighted by Gasteiger charge is 2.27. The van der Waals surface area contributed by atoms with Gasteiger partial charge >= 0.3 is 5.97 Å². The number of thiophene rings is 1. The first-order valence-corrected chi connectivity index (χ1v) is 12.5. The number of amides is 2. The fraction of sp³-hybridized carbons (Fsp3) is 0.571. The molecule has 2 aromatic rings. The number of carbonyl (C=O) groups excluding carboxylic acids is 3. The van der Waals surface area contributed by atoms with Crippen molar-refractivity contribution in [1.82, 2.24) is 19.7 Å². The van der Waals surface area contributed by atoms with Gasteiger partial charge in [-0.15, -0.1) is 21.5 Å².